The zero-order chi connectivity index (χ0) is 17.9. The van der Waals surface area contributed by atoms with E-state index in [2.05, 4.69) is 45.6 Å². The summed E-state index contributed by atoms with van der Waals surface area (Å²) in [5, 5.41) is 4.24. The fraction of sp³-hybridized carbons (Fsp3) is 0.350. The number of hydrogen-bond donors (Lipinski definition) is 2. The van der Waals surface area contributed by atoms with Crippen molar-refractivity contribution in [3.63, 3.8) is 0 Å². The molecule has 0 unspecified atom stereocenters. The number of benzene rings is 1. The van der Waals surface area contributed by atoms with Gasteiger partial charge in [-0.25, -0.2) is 10.4 Å². The molecule has 0 spiro atoms. The van der Waals surface area contributed by atoms with Gasteiger partial charge in [-0.3, -0.25) is 9.78 Å². The second kappa shape index (κ2) is 10.2. The number of aromatic amines is 1. The maximum absolute atomic E-state index is 11.5. The quantitative estimate of drug-likeness (QED) is 0.401. The molecule has 1 aromatic heterocycles. The van der Waals surface area contributed by atoms with E-state index in [0.29, 0.717) is 11.6 Å². The fourth-order valence-electron chi connectivity index (χ4n) is 2.50. The molecule has 132 valence electrons. The van der Waals surface area contributed by atoms with Crippen molar-refractivity contribution < 1.29 is 0 Å². The van der Waals surface area contributed by atoms with E-state index >= 15 is 0 Å². The van der Waals surface area contributed by atoms with Crippen molar-refractivity contribution in [3.05, 3.63) is 63.6 Å². The molecular weight excluding hydrogens is 312 g/mol. The number of hydrazone groups is 1. The van der Waals surface area contributed by atoms with Crippen molar-refractivity contribution in [3.8, 4) is 0 Å². The number of hydrogen-bond acceptors (Lipinski definition) is 4. The van der Waals surface area contributed by atoms with Gasteiger partial charge in [0.05, 0.1) is 6.21 Å². The van der Waals surface area contributed by atoms with E-state index in [-0.39, 0.29) is 5.56 Å². The second-order valence-corrected chi connectivity index (χ2v) is 6.05. The van der Waals surface area contributed by atoms with E-state index in [4.69, 9.17) is 0 Å². The summed E-state index contributed by atoms with van der Waals surface area (Å²) in [6, 6.07) is 11.7. The summed E-state index contributed by atoms with van der Waals surface area (Å²) in [7, 11) is 0. The molecule has 0 saturated carbocycles. The lowest BCUT2D eigenvalue weighted by molar-refractivity contribution is 0.671. The molecular formula is C20H26N4O. The van der Waals surface area contributed by atoms with E-state index < -0.39 is 0 Å². The predicted molar refractivity (Wildman–Crippen MR) is 105 cm³/mol. The molecule has 25 heavy (non-hydrogen) atoms. The summed E-state index contributed by atoms with van der Waals surface area (Å²) in [6.07, 6.45) is 9.75. The monoisotopic (exact) mass is 338 g/mol. The molecule has 0 amide bonds. The van der Waals surface area contributed by atoms with Crippen LogP contribution in [-0.4, -0.2) is 16.2 Å². The first-order valence-electron chi connectivity index (χ1n) is 8.80. The maximum Gasteiger partial charge on any atom is 0.252 e. The average molecular weight is 338 g/mol. The number of unbranched alkanes of at least 4 members (excludes halogenated alkanes) is 3. The number of aromatic nitrogens is 2. The van der Waals surface area contributed by atoms with Crippen molar-refractivity contribution in [2.45, 2.75) is 46.0 Å². The van der Waals surface area contributed by atoms with E-state index in [1.54, 1.807) is 13.1 Å². The molecule has 2 aromatic rings. The van der Waals surface area contributed by atoms with Crippen LogP contribution in [0.5, 0.6) is 0 Å². The Morgan fingerprint density at radius 2 is 2.04 bits per heavy atom. The Labute approximate surface area is 148 Å². The average Bonchev–Trinajstić information content (AvgIpc) is 2.58. The minimum Gasteiger partial charge on any atom is -0.291 e. The number of aryl methyl sites for hydroxylation is 1. The van der Waals surface area contributed by atoms with Gasteiger partial charge in [0.2, 0.25) is 5.95 Å². The number of anilines is 1. The highest BCUT2D eigenvalue weighted by molar-refractivity contribution is 5.85. The zero-order valence-electron chi connectivity index (χ0n) is 15.0. The molecule has 0 bridgehead atoms. The maximum atomic E-state index is 11.5. The second-order valence-electron chi connectivity index (χ2n) is 6.05. The lowest BCUT2D eigenvalue weighted by Gasteiger charge is -2.04. The Hall–Kier alpha value is -2.69. The summed E-state index contributed by atoms with van der Waals surface area (Å²) in [5.74, 6) is 0.353. The Morgan fingerprint density at radius 3 is 2.76 bits per heavy atom. The smallest absolute Gasteiger partial charge is 0.252 e. The molecule has 1 aromatic carbocycles. The van der Waals surface area contributed by atoms with Crippen LogP contribution in [0.4, 0.5) is 5.95 Å². The molecule has 5 nitrogen and oxygen atoms in total. The van der Waals surface area contributed by atoms with Gasteiger partial charge < -0.3 is 0 Å². The topological polar surface area (TPSA) is 70.1 Å². The minimum absolute atomic E-state index is 0.190. The highest BCUT2D eigenvalue weighted by atomic mass is 16.1. The van der Waals surface area contributed by atoms with Crippen LogP contribution in [0.1, 0.15) is 50.3 Å². The van der Waals surface area contributed by atoms with Crippen molar-refractivity contribution in [1.29, 1.82) is 0 Å². The molecule has 5 heteroatoms. The molecule has 2 rings (SSSR count). The molecule has 0 aliphatic heterocycles. The Morgan fingerprint density at radius 1 is 1.24 bits per heavy atom. The molecule has 0 saturated heterocycles. The number of nitrogens with zero attached hydrogens (tertiary/aromatic N) is 2. The first-order valence-corrected chi connectivity index (χ1v) is 8.80. The standard InChI is InChI=1S/C20H26N4O/c1-3-4-5-7-12-18(14-17-10-8-6-9-11-17)15-21-24-20-22-16(2)13-19(25)23-20/h6,8-11,13-15H,3-5,7,12H2,1-2H3,(H2,22,23,24,25)/b18-14+,21-15+. The lowest BCUT2D eigenvalue weighted by Crippen LogP contribution is -2.10. The first-order chi connectivity index (χ1) is 12.2. The van der Waals surface area contributed by atoms with Gasteiger partial charge in [0.1, 0.15) is 0 Å². The van der Waals surface area contributed by atoms with Gasteiger partial charge in [0.25, 0.3) is 5.56 Å². The molecule has 0 aliphatic carbocycles. The number of allylic oxidation sites excluding steroid dienone is 1. The molecule has 0 aliphatic rings. The van der Waals surface area contributed by atoms with E-state index in [0.717, 1.165) is 24.0 Å². The Kier molecular flexibility index (Phi) is 7.63. The molecule has 0 atom stereocenters. The largest absolute Gasteiger partial charge is 0.291 e. The molecule has 0 radical (unpaired) electrons. The molecule has 2 N–H and O–H groups in total. The predicted octanol–water partition coefficient (Wildman–Crippen LogP) is 4.53. The number of nitrogens with one attached hydrogen (secondary N) is 2. The van der Waals surface area contributed by atoms with Gasteiger partial charge >= 0.3 is 0 Å². The van der Waals surface area contributed by atoms with Crippen LogP contribution >= 0.6 is 0 Å². The first kappa shape index (κ1) is 18.6. The van der Waals surface area contributed by atoms with Crippen molar-refractivity contribution in [1.82, 2.24) is 9.97 Å². The van der Waals surface area contributed by atoms with Gasteiger partial charge in [0, 0.05) is 11.8 Å². The minimum atomic E-state index is -0.190. The highest BCUT2D eigenvalue weighted by Gasteiger charge is 1.98. The van der Waals surface area contributed by atoms with Crippen LogP contribution < -0.4 is 11.0 Å². The lowest BCUT2D eigenvalue weighted by atomic mass is 10.0. The summed E-state index contributed by atoms with van der Waals surface area (Å²) < 4.78 is 0. The summed E-state index contributed by atoms with van der Waals surface area (Å²) in [6.45, 7) is 3.99. The third-order valence-electron chi connectivity index (χ3n) is 3.74. The highest BCUT2D eigenvalue weighted by Crippen LogP contribution is 2.13. The normalized spacial score (nSPS) is 11.8. The molecule has 0 fully saturated rings. The number of H-pyrrole nitrogens is 1. The van der Waals surface area contributed by atoms with E-state index in [1.165, 1.54) is 25.3 Å². The van der Waals surface area contributed by atoms with E-state index in [1.807, 2.05) is 18.2 Å². The summed E-state index contributed by atoms with van der Waals surface area (Å²) in [5.41, 5.74) is 5.57. The Balaban J connectivity index is 2.06. The Bertz CT molecular complexity index is 763. The molecule has 1 heterocycles. The fourth-order valence-corrected chi connectivity index (χ4v) is 2.50. The SMILES string of the molecule is CCCCCCC(/C=N/Nc1nc(C)cc(=O)[nH]1)=C\c1ccccc1. The van der Waals surface area contributed by atoms with Crippen molar-refractivity contribution in [2.75, 3.05) is 5.43 Å². The van der Waals surface area contributed by atoms with Gasteiger partial charge in [-0.2, -0.15) is 5.10 Å². The van der Waals surface area contributed by atoms with Crippen molar-refractivity contribution in [2.24, 2.45) is 5.10 Å². The number of rotatable bonds is 9. The zero-order valence-corrected chi connectivity index (χ0v) is 15.0. The van der Waals surface area contributed by atoms with Crippen LogP contribution in [-0.2, 0) is 0 Å². The van der Waals surface area contributed by atoms with Crippen LogP contribution in [0.2, 0.25) is 0 Å². The van der Waals surface area contributed by atoms with Crippen molar-refractivity contribution >= 4 is 18.2 Å². The summed E-state index contributed by atoms with van der Waals surface area (Å²) >= 11 is 0. The third-order valence-corrected chi connectivity index (χ3v) is 3.74. The van der Waals surface area contributed by atoms with Gasteiger partial charge in [0.15, 0.2) is 0 Å². The van der Waals surface area contributed by atoms with Crippen LogP contribution in [0.15, 0.2) is 51.9 Å². The third kappa shape index (κ3) is 7.16. The van der Waals surface area contributed by atoms with Crippen LogP contribution in [0.25, 0.3) is 6.08 Å². The van der Waals surface area contributed by atoms with Gasteiger partial charge in [-0.15, -0.1) is 0 Å². The van der Waals surface area contributed by atoms with Crippen LogP contribution in [0.3, 0.4) is 0 Å². The summed E-state index contributed by atoms with van der Waals surface area (Å²) in [4.78, 5) is 18.3. The van der Waals surface area contributed by atoms with Crippen LogP contribution in [0, 0.1) is 6.92 Å². The van der Waals surface area contributed by atoms with Gasteiger partial charge in [-0.05, 0) is 30.9 Å². The van der Waals surface area contributed by atoms with Gasteiger partial charge in [-0.1, -0.05) is 62.6 Å². The van der Waals surface area contributed by atoms with E-state index in [9.17, 15) is 4.79 Å².